The van der Waals surface area contributed by atoms with Crippen LogP contribution in [0.4, 0.5) is 0 Å². The van der Waals surface area contributed by atoms with E-state index >= 15 is 0 Å². The first-order chi connectivity index (χ1) is 8.25. The van der Waals surface area contributed by atoms with Crippen molar-refractivity contribution in [3.05, 3.63) is 35.9 Å². The summed E-state index contributed by atoms with van der Waals surface area (Å²) in [4.78, 5) is 12.0. The molecule has 5 heteroatoms. The molecular formula is C12H16N4O. The zero-order chi connectivity index (χ0) is 11.8. The third-order valence-corrected chi connectivity index (χ3v) is 3.54. The summed E-state index contributed by atoms with van der Waals surface area (Å²) < 4.78 is 0. The molecule has 1 aromatic rings. The van der Waals surface area contributed by atoms with Gasteiger partial charge in [0.15, 0.2) is 0 Å². The van der Waals surface area contributed by atoms with Crippen molar-refractivity contribution in [3.8, 4) is 0 Å². The van der Waals surface area contributed by atoms with Crippen LogP contribution in [-0.2, 0) is 4.79 Å². The van der Waals surface area contributed by atoms with Gasteiger partial charge in [0.25, 0.3) is 0 Å². The molecule has 5 nitrogen and oxygen atoms in total. The standard InChI is InChI=1S/C12H16N4O/c13-12-15-10-9(11(17)16-12)8(6-14-10)7-4-2-1-3-5-7/h1-5,8-10,12,14-15H,6,13H2,(H,16,17). The molecule has 1 aromatic carbocycles. The van der Waals surface area contributed by atoms with E-state index in [4.69, 9.17) is 5.73 Å². The van der Waals surface area contributed by atoms with Crippen molar-refractivity contribution in [3.63, 3.8) is 0 Å². The molecule has 0 aliphatic carbocycles. The van der Waals surface area contributed by atoms with Gasteiger partial charge in [-0.15, -0.1) is 0 Å². The Kier molecular flexibility index (Phi) is 2.58. The fraction of sp³-hybridized carbons (Fsp3) is 0.417. The van der Waals surface area contributed by atoms with E-state index in [0.717, 1.165) is 6.54 Å². The van der Waals surface area contributed by atoms with Gasteiger partial charge in [-0.25, -0.2) is 0 Å². The Bertz CT molecular complexity index is 422. The maximum absolute atomic E-state index is 12.0. The van der Waals surface area contributed by atoms with Crippen molar-refractivity contribution in [2.45, 2.75) is 18.4 Å². The fourth-order valence-corrected chi connectivity index (χ4v) is 2.75. The van der Waals surface area contributed by atoms with Crippen LogP contribution in [0.25, 0.3) is 0 Å². The molecule has 0 saturated carbocycles. The van der Waals surface area contributed by atoms with Crippen LogP contribution >= 0.6 is 0 Å². The minimum atomic E-state index is -0.453. The maximum Gasteiger partial charge on any atom is 0.228 e. The van der Waals surface area contributed by atoms with Crippen molar-refractivity contribution in [1.29, 1.82) is 0 Å². The van der Waals surface area contributed by atoms with Crippen LogP contribution in [0.1, 0.15) is 11.5 Å². The molecule has 5 N–H and O–H groups in total. The highest BCUT2D eigenvalue weighted by Crippen LogP contribution is 2.32. The highest BCUT2D eigenvalue weighted by molar-refractivity contribution is 5.82. The number of amides is 1. The minimum absolute atomic E-state index is 0.0241. The molecule has 0 bridgehead atoms. The van der Waals surface area contributed by atoms with Gasteiger partial charge in [-0.05, 0) is 5.56 Å². The molecule has 2 saturated heterocycles. The Morgan fingerprint density at radius 2 is 2.00 bits per heavy atom. The van der Waals surface area contributed by atoms with E-state index in [-0.39, 0.29) is 23.9 Å². The van der Waals surface area contributed by atoms with Gasteiger partial charge in [-0.2, -0.15) is 0 Å². The van der Waals surface area contributed by atoms with Gasteiger partial charge in [0.2, 0.25) is 5.91 Å². The molecule has 4 atom stereocenters. The highest BCUT2D eigenvalue weighted by Gasteiger charge is 2.45. The quantitative estimate of drug-likeness (QED) is 0.515. The lowest BCUT2D eigenvalue weighted by atomic mass is 9.86. The van der Waals surface area contributed by atoms with Gasteiger partial charge < -0.3 is 10.6 Å². The Morgan fingerprint density at radius 3 is 2.76 bits per heavy atom. The topological polar surface area (TPSA) is 79.2 Å². The summed E-state index contributed by atoms with van der Waals surface area (Å²) in [5, 5.41) is 9.20. The van der Waals surface area contributed by atoms with E-state index in [2.05, 4.69) is 28.1 Å². The summed E-state index contributed by atoms with van der Waals surface area (Å²) in [6.07, 6.45) is -0.477. The van der Waals surface area contributed by atoms with Crippen LogP contribution in [0.2, 0.25) is 0 Å². The largest absolute Gasteiger partial charge is 0.328 e. The Balaban J connectivity index is 1.87. The Morgan fingerprint density at radius 1 is 1.24 bits per heavy atom. The highest BCUT2D eigenvalue weighted by atomic mass is 16.2. The van der Waals surface area contributed by atoms with Gasteiger partial charge in [0.05, 0.1) is 12.1 Å². The van der Waals surface area contributed by atoms with E-state index in [1.807, 2.05) is 18.2 Å². The number of rotatable bonds is 1. The number of nitrogens with two attached hydrogens (primary N) is 1. The molecule has 2 aliphatic heterocycles. The summed E-state index contributed by atoms with van der Waals surface area (Å²) >= 11 is 0. The van der Waals surface area contributed by atoms with Gasteiger partial charge in [0, 0.05) is 12.5 Å². The zero-order valence-corrected chi connectivity index (χ0v) is 9.39. The average Bonchev–Trinajstić information content (AvgIpc) is 2.74. The third kappa shape index (κ3) is 1.82. The predicted molar refractivity (Wildman–Crippen MR) is 63.7 cm³/mol. The van der Waals surface area contributed by atoms with Crippen LogP contribution in [0, 0.1) is 5.92 Å². The normalized spacial score (nSPS) is 36.4. The lowest BCUT2D eigenvalue weighted by Gasteiger charge is -2.33. The van der Waals surface area contributed by atoms with Gasteiger partial charge in [0.1, 0.15) is 6.29 Å². The second-order valence-corrected chi connectivity index (χ2v) is 4.58. The van der Waals surface area contributed by atoms with Crippen LogP contribution in [0.3, 0.4) is 0 Å². The van der Waals surface area contributed by atoms with Crippen molar-refractivity contribution in [2.75, 3.05) is 6.54 Å². The Hall–Kier alpha value is -1.43. The number of nitrogens with one attached hydrogen (secondary N) is 3. The Labute approximate surface area is 99.8 Å². The first kappa shape index (κ1) is 10.7. The molecule has 17 heavy (non-hydrogen) atoms. The first-order valence-corrected chi connectivity index (χ1v) is 5.86. The molecule has 3 rings (SSSR count). The molecule has 0 aromatic heterocycles. The van der Waals surface area contributed by atoms with Gasteiger partial charge >= 0.3 is 0 Å². The summed E-state index contributed by atoms with van der Waals surface area (Å²) in [5.41, 5.74) is 6.88. The van der Waals surface area contributed by atoms with Crippen molar-refractivity contribution in [2.24, 2.45) is 11.7 Å². The van der Waals surface area contributed by atoms with E-state index < -0.39 is 6.29 Å². The fourth-order valence-electron chi connectivity index (χ4n) is 2.75. The maximum atomic E-state index is 12.0. The zero-order valence-electron chi connectivity index (χ0n) is 9.39. The van der Waals surface area contributed by atoms with Gasteiger partial charge in [-0.3, -0.25) is 15.8 Å². The molecule has 1 amide bonds. The summed E-state index contributed by atoms with van der Waals surface area (Å²) in [5.74, 6) is 0.151. The second-order valence-electron chi connectivity index (χ2n) is 4.58. The van der Waals surface area contributed by atoms with E-state index in [1.54, 1.807) is 0 Å². The average molecular weight is 232 g/mol. The number of benzene rings is 1. The number of carbonyl (C=O) groups is 1. The van der Waals surface area contributed by atoms with Gasteiger partial charge in [-0.1, -0.05) is 30.3 Å². The van der Waals surface area contributed by atoms with Crippen LogP contribution in [0.15, 0.2) is 30.3 Å². The molecule has 0 spiro atoms. The van der Waals surface area contributed by atoms with Crippen LogP contribution < -0.4 is 21.7 Å². The molecule has 2 aliphatic rings. The predicted octanol–water partition coefficient (Wildman–Crippen LogP) is -0.723. The SMILES string of the molecule is NC1NC(=O)C2C(NCC2c2ccccc2)N1. The smallest absolute Gasteiger partial charge is 0.228 e. The summed E-state index contributed by atoms with van der Waals surface area (Å²) in [6, 6.07) is 10.1. The summed E-state index contributed by atoms with van der Waals surface area (Å²) in [7, 11) is 0. The lowest BCUT2D eigenvalue weighted by Crippen LogP contribution is -2.66. The van der Waals surface area contributed by atoms with Crippen molar-refractivity contribution in [1.82, 2.24) is 16.0 Å². The van der Waals surface area contributed by atoms with Crippen LogP contribution in [-0.4, -0.2) is 24.9 Å². The molecule has 0 radical (unpaired) electrons. The lowest BCUT2D eigenvalue weighted by molar-refractivity contribution is -0.129. The van der Waals surface area contributed by atoms with Crippen molar-refractivity contribution >= 4 is 5.91 Å². The monoisotopic (exact) mass is 232 g/mol. The third-order valence-electron chi connectivity index (χ3n) is 3.54. The van der Waals surface area contributed by atoms with E-state index in [9.17, 15) is 4.79 Å². The first-order valence-electron chi connectivity index (χ1n) is 5.86. The number of carbonyl (C=O) groups excluding carboxylic acids is 1. The molecule has 2 heterocycles. The van der Waals surface area contributed by atoms with Crippen LogP contribution in [0.5, 0.6) is 0 Å². The summed E-state index contributed by atoms with van der Waals surface area (Å²) in [6.45, 7) is 0.798. The van der Waals surface area contributed by atoms with E-state index in [1.165, 1.54) is 5.56 Å². The molecular weight excluding hydrogens is 216 g/mol. The number of hydrogen-bond acceptors (Lipinski definition) is 4. The van der Waals surface area contributed by atoms with E-state index in [0.29, 0.717) is 0 Å². The molecule has 2 fully saturated rings. The number of fused-ring (bicyclic) bond motifs is 1. The molecule has 90 valence electrons. The number of hydrogen-bond donors (Lipinski definition) is 4. The van der Waals surface area contributed by atoms with Crippen molar-refractivity contribution < 1.29 is 4.79 Å². The second kappa shape index (κ2) is 4.10. The minimum Gasteiger partial charge on any atom is -0.328 e. The molecule has 4 unspecified atom stereocenters.